The Morgan fingerprint density at radius 1 is 0.973 bits per heavy atom. The van der Waals surface area contributed by atoms with Crippen molar-refractivity contribution in [2.24, 2.45) is 0 Å². The quantitative estimate of drug-likeness (QED) is 0.291. The number of hydrogen-bond donors (Lipinski definition) is 0. The number of hydrogen-bond acceptors (Lipinski definition) is 6. The van der Waals surface area contributed by atoms with Gasteiger partial charge in [0.15, 0.2) is 0 Å². The van der Waals surface area contributed by atoms with Crippen molar-refractivity contribution in [3.8, 4) is 28.7 Å². The second-order valence-electron chi connectivity index (χ2n) is 8.83. The molecule has 6 nitrogen and oxygen atoms in total. The third kappa shape index (κ3) is 5.49. The van der Waals surface area contributed by atoms with Gasteiger partial charge in [-0.05, 0) is 52.9 Å². The molecule has 1 aliphatic rings. The van der Waals surface area contributed by atoms with E-state index in [-0.39, 0.29) is 0 Å². The van der Waals surface area contributed by atoms with Crippen molar-refractivity contribution in [2.45, 2.75) is 6.54 Å². The number of aromatic nitrogens is 1. The Balaban J connectivity index is 1.38. The van der Waals surface area contributed by atoms with E-state index in [2.05, 4.69) is 46.0 Å². The molecule has 0 N–H and O–H groups in total. The molecule has 0 bridgehead atoms. The minimum atomic E-state index is -0.463. The number of ether oxygens (including phenoxy) is 3. The molecule has 2 heterocycles. The summed E-state index contributed by atoms with van der Waals surface area (Å²) in [6, 6.07) is 20.2. The first-order valence-electron chi connectivity index (χ1n) is 12.2. The van der Waals surface area contributed by atoms with Crippen LogP contribution in [-0.2, 0) is 16.0 Å². The van der Waals surface area contributed by atoms with Crippen LogP contribution < -0.4 is 4.74 Å². The highest BCUT2D eigenvalue weighted by Crippen LogP contribution is 2.38. The van der Waals surface area contributed by atoms with Gasteiger partial charge in [-0.25, -0.2) is 4.79 Å². The lowest BCUT2D eigenvalue weighted by atomic mass is 9.95. The number of carbonyl (C=O) groups is 1. The summed E-state index contributed by atoms with van der Waals surface area (Å²) in [4.78, 5) is 19.2. The summed E-state index contributed by atoms with van der Waals surface area (Å²) in [5.74, 6) is 6.50. The van der Waals surface area contributed by atoms with Crippen molar-refractivity contribution >= 4 is 16.7 Å². The Kier molecular flexibility index (Phi) is 7.46. The van der Waals surface area contributed by atoms with Gasteiger partial charge in [0.25, 0.3) is 0 Å². The van der Waals surface area contributed by atoms with Crippen LogP contribution in [-0.4, -0.2) is 56.4 Å². The van der Waals surface area contributed by atoms with Gasteiger partial charge in [-0.2, -0.15) is 0 Å². The molecule has 0 unspecified atom stereocenters. The van der Waals surface area contributed by atoms with Gasteiger partial charge >= 0.3 is 5.97 Å². The van der Waals surface area contributed by atoms with Gasteiger partial charge in [-0.3, -0.25) is 9.88 Å². The average molecular weight is 493 g/mol. The van der Waals surface area contributed by atoms with E-state index in [4.69, 9.17) is 14.2 Å². The van der Waals surface area contributed by atoms with Crippen LogP contribution in [0.5, 0.6) is 5.75 Å². The Morgan fingerprint density at radius 2 is 1.65 bits per heavy atom. The zero-order chi connectivity index (χ0) is 25.6. The highest BCUT2D eigenvalue weighted by atomic mass is 16.5. The second kappa shape index (κ2) is 11.3. The molecule has 37 heavy (non-hydrogen) atoms. The number of nitrogens with zero attached hydrogens (tertiary/aromatic N) is 2. The van der Waals surface area contributed by atoms with Gasteiger partial charge in [-0.1, -0.05) is 36.1 Å². The van der Waals surface area contributed by atoms with E-state index in [9.17, 15) is 4.79 Å². The third-order valence-electron chi connectivity index (χ3n) is 6.50. The van der Waals surface area contributed by atoms with E-state index < -0.39 is 5.97 Å². The van der Waals surface area contributed by atoms with Crippen molar-refractivity contribution < 1.29 is 19.0 Å². The third-order valence-corrected chi connectivity index (χ3v) is 6.50. The summed E-state index contributed by atoms with van der Waals surface area (Å²) in [5, 5.41) is 1.57. The first kappa shape index (κ1) is 24.5. The Labute approximate surface area is 216 Å². The van der Waals surface area contributed by atoms with Gasteiger partial charge < -0.3 is 14.2 Å². The van der Waals surface area contributed by atoms with Crippen LogP contribution in [0.4, 0.5) is 0 Å². The Bertz CT molecular complexity index is 1460. The maximum Gasteiger partial charge on any atom is 0.342 e. The van der Waals surface area contributed by atoms with E-state index in [1.807, 2.05) is 36.4 Å². The molecular formula is C31H28N2O4. The molecule has 1 fully saturated rings. The van der Waals surface area contributed by atoms with Crippen molar-refractivity contribution in [3.63, 3.8) is 0 Å². The number of methoxy groups -OCH3 is 2. The lowest BCUT2D eigenvalue weighted by Gasteiger charge is -2.26. The van der Waals surface area contributed by atoms with Gasteiger partial charge in [0, 0.05) is 54.1 Å². The van der Waals surface area contributed by atoms with Crippen molar-refractivity contribution in [2.75, 3.05) is 40.5 Å². The zero-order valence-electron chi connectivity index (χ0n) is 21.0. The molecule has 1 aliphatic heterocycles. The van der Waals surface area contributed by atoms with Crippen LogP contribution in [0.1, 0.15) is 27.0 Å². The molecule has 0 aliphatic carbocycles. The number of morpholine rings is 1. The van der Waals surface area contributed by atoms with Crippen molar-refractivity contribution in [3.05, 3.63) is 95.3 Å². The van der Waals surface area contributed by atoms with E-state index in [0.717, 1.165) is 60.5 Å². The lowest BCUT2D eigenvalue weighted by molar-refractivity contribution is 0.0342. The van der Waals surface area contributed by atoms with Crippen molar-refractivity contribution in [1.29, 1.82) is 0 Å². The zero-order valence-corrected chi connectivity index (χ0v) is 21.0. The van der Waals surface area contributed by atoms with Crippen molar-refractivity contribution in [1.82, 2.24) is 9.88 Å². The van der Waals surface area contributed by atoms with E-state index in [1.165, 1.54) is 12.7 Å². The summed E-state index contributed by atoms with van der Waals surface area (Å²) < 4.78 is 16.2. The predicted molar refractivity (Wildman–Crippen MR) is 144 cm³/mol. The van der Waals surface area contributed by atoms with Crippen LogP contribution in [0.25, 0.3) is 21.9 Å². The van der Waals surface area contributed by atoms with Crippen LogP contribution in [0.3, 0.4) is 0 Å². The molecule has 1 saturated heterocycles. The second-order valence-corrected chi connectivity index (χ2v) is 8.83. The summed E-state index contributed by atoms with van der Waals surface area (Å²) >= 11 is 0. The minimum absolute atomic E-state index is 0.367. The summed E-state index contributed by atoms with van der Waals surface area (Å²) in [5.41, 5.74) is 5.24. The highest BCUT2D eigenvalue weighted by Gasteiger charge is 2.22. The Hall–Kier alpha value is -4.18. The topological polar surface area (TPSA) is 60.9 Å². The van der Waals surface area contributed by atoms with Crippen LogP contribution in [0.2, 0.25) is 0 Å². The van der Waals surface area contributed by atoms with Gasteiger partial charge in [-0.15, -0.1) is 0 Å². The fourth-order valence-electron chi connectivity index (χ4n) is 4.54. The van der Waals surface area contributed by atoms with Gasteiger partial charge in [0.1, 0.15) is 11.3 Å². The highest BCUT2D eigenvalue weighted by molar-refractivity contribution is 6.09. The monoisotopic (exact) mass is 492 g/mol. The smallest absolute Gasteiger partial charge is 0.342 e. The maximum absolute atomic E-state index is 12.6. The fraction of sp³-hybridized carbons (Fsp3) is 0.226. The molecule has 4 aromatic rings. The molecular weight excluding hydrogens is 464 g/mol. The Morgan fingerprint density at radius 3 is 2.30 bits per heavy atom. The molecule has 3 aromatic carbocycles. The molecule has 5 rings (SSSR count). The summed E-state index contributed by atoms with van der Waals surface area (Å²) in [7, 11) is 2.92. The van der Waals surface area contributed by atoms with Gasteiger partial charge in [0.05, 0.1) is 27.4 Å². The number of pyridine rings is 1. The summed E-state index contributed by atoms with van der Waals surface area (Å²) in [6.45, 7) is 4.50. The van der Waals surface area contributed by atoms with Crippen LogP contribution in [0, 0.1) is 11.8 Å². The number of fused-ring (bicyclic) bond motifs is 1. The number of esters is 1. The lowest BCUT2D eigenvalue weighted by Crippen LogP contribution is -2.35. The molecule has 6 heteroatoms. The normalized spacial score (nSPS) is 13.6. The minimum Gasteiger partial charge on any atom is -0.495 e. The summed E-state index contributed by atoms with van der Waals surface area (Å²) in [6.07, 6.45) is 3.36. The molecule has 0 atom stereocenters. The first-order chi connectivity index (χ1) is 18.2. The molecule has 186 valence electrons. The van der Waals surface area contributed by atoms with E-state index >= 15 is 0 Å². The van der Waals surface area contributed by atoms with Crippen LogP contribution in [0.15, 0.2) is 73.1 Å². The maximum atomic E-state index is 12.6. The van der Waals surface area contributed by atoms with Gasteiger partial charge in [0.2, 0.25) is 0 Å². The molecule has 0 saturated carbocycles. The van der Waals surface area contributed by atoms with E-state index in [0.29, 0.717) is 16.7 Å². The molecule has 0 amide bonds. The predicted octanol–water partition coefficient (Wildman–Crippen LogP) is 4.93. The molecule has 0 radical (unpaired) electrons. The fourth-order valence-corrected chi connectivity index (χ4v) is 4.54. The molecule has 0 spiro atoms. The average Bonchev–Trinajstić information content (AvgIpc) is 2.96. The largest absolute Gasteiger partial charge is 0.495 e. The number of benzene rings is 3. The number of carbonyl (C=O) groups excluding carboxylic acids is 1. The first-order valence-corrected chi connectivity index (χ1v) is 12.2. The van der Waals surface area contributed by atoms with Crippen LogP contribution >= 0.6 is 0 Å². The SMILES string of the molecule is COC(=O)c1c(OC)c(-c2ccc(C#Cc3ccc(CN4CCOCC4)cc3)cc2)cc2ccncc12. The standard InChI is InChI=1S/C31H28N2O4/c1-35-30-27(19-26-13-14-32-20-28(26)29(30)31(34)36-2)25-11-9-23(10-12-25)4-3-22-5-7-24(8-6-22)21-33-15-17-37-18-16-33/h5-14,19-20H,15-18,21H2,1-2H3. The number of rotatable bonds is 5. The molecule has 1 aromatic heterocycles. The van der Waals surface area contributed by atoms with E-state index in [1.54, 1.807) is 19.5 Å².